The van der Waals surface area contributed by atoms with Gasteiger partial charge in [0.15, 0.2) is 0 Å². The molecule has 4 N–H and O–H groups in total. The molecule has 0 spiro atoms. The fraction of sp³-hybridized carbons (Fsp3) is 0.250. The molecule has 0 aliphatic heterocycles. The van der Waals surface area contributed by atoms with Gasteiger partial charge in [-0.05, 0) is 24.3 Å². The first-order valence-corrected chi connectivity index (χ1v) is 5.98. The molecule has 1 atom stereocenters. The highest BCUT2D eigenvalue weighted by Crippen LogP contribution is 2.09. The van der Waals surface area contributed by atoms with Crippen LogP contribution in [0.3, 0.4) is 0 Å². The molecule has 8 heteroatoms. The van der Waals surface area contributed by atoms with Gasteiger partial charge >= 0.3 is 5.97 Å². The first kappa shape index (κ1) is 15.9. The molecule has 0 saturated heterocycles. The Balaban J connectivity index is 2.46. The van der Waals surface area contributed by atoms with E-state index in [9.17, 15) is 14.4 Å². The Labute approximate surface area is 119 Å². The van der Waals surface area contributed by atoms with Crippen molar-refractivity contribution in [1.29, 1.82) is 0 Å². The highest BCUT2D eigenvalue weighted by molar-refractivity contribution is 6.30. The number of rotatable bonds is 6. The Morgan fingerprint density at radius 1 is 1.20 bits per heavy atom. The Kier molecular flexibility index (Phi) is 5.95. The molecule has 0 bridgehead atoms. The highest BCUT2D eigenvalue weighted by Gasteiger charge is 2.18. The number of amides is 2. The number of hydrogen-bond acceptors (Lipinski definition) is 4. The van der Waals surface area contributed by atoms with Gasteiger partial charge in [0.1, 0.15) is 6.04 Å². The van der Waals surface area contributed by atoms with Crippen molar-refractivity contribution in [1.82, 2.24) is 10.6 Å². The van der Waals surface area contributed by atoms with E-state index in [1.807, 2.05) is 0 Å². The van der Waals surface area contributed by atoms with Crippen molar-refractivity contribution < 1.29 is 24.6 Å². The number of benzene rings is 1. The number of carbonyl (C=O) groups excluding carboxylic acids is 2. The summed E-state index contributed by atoms with van der Waals surface area (Å²) in [6.45, 7) is -1.13. The molecule has 1 aromatic rings. The fourth-order valence-electron chi connectivity index (χ4n) is 1.29. The van der Waals surface area contributed by atoms with Gasteiger partial charge in [0.05, 0.1) is 13.2 Å². The van der Waals surface area contributed by atoms with Crippen LogP contribution in [0.2, 0.25) is 5.02 Å². The van der Waals surface area contributed by atoms with Crippen molar-refractivity contribution in [2.75, 3.05) is 13.2 Å². The van der Waals surface area contributed by atoms with Crippen LogP contribution in [-0.4, -0.2) is 47.2 Å². The van der Waals surface area contributed by atoms with Crippen molar-refractivity contribution in [3.63, 3.8) is 0 Å². The van der Waals surface area contributed by atoms with Gasteiger partial charge in [0.2, 0.25) is 5.91 Å². The second-order valence-electron chi connectivity index (χ2n) is 3.83. The van der Waals surface area contributed by atoms with Crippen LogP contribution in [0.5, 0.6) is 0 Å². The molecule has 0 radical (unpaired) electrons. The largest absolute Gasteiger partial charge is 0.480 e. The molecule has 0 unspecified atom stereocenters. The number of carboxylic acid groups (broad SMARTS) is 1. The minimum Gasteiger partial charge on any atom is -0.480 e. The molecule has 0 saturated carbocycles. The SMILES string of the molecule is O=C(CNC(=O)c1ccc(Cl)cc1)N[C@H](CO)C(=O)O. The van der Waals surface area contributed by atoms with Gasteiger partial charge in [-0.25, -0.2) is 4.79 Å². The lowest BCUT2D eigenvalue weighted by atomic mass is 10.2. The van der Waals surface area contributed by atoms with Crippen molar-refractivity contribution >= 4 is 29.4 Å². The van der Waals surface area contributed by atoms with E-state index in [1.165, 1.54) is 24.3 Å². The zero-order chi connectivity index (χ0) is 15.1. The van der Waals surface area contributed by atoms with Gasteiger partial charge in [-0.1, -0.05) is 11.6 Å². The molecular formula is C12H13ClN2O5. The van der Waals surface area contributed by atoms with Crippen LogP contribution in [0, 0.1) is 0 Å². The maximum atomic E-state index is 11.6. The average molecular weight is 301 g/mol. The summed E-state index contributed by atoms with van der Waals surface area (Å²) in [5, 5.41) is 22.2. The second-order valence-corrected chi connectivity index (χ2v) is 4.27. The molecule has 1 rings (SSSR count). The normalized spacial score (nSPS) is 11.5. The van der Waals surface area contributed by atoms with Crippen LogP contribution in [0.25, 0.3) is 0 Å². The third-order valence-electron chi connectivity index (χ3n) is 2.33. The topological polar surface area (TPSA) is 116 Å². The first-order chi connectivity index (χ1) is 9.43. The van der Waals surface area contributed by atoms with E-state index < -0.39 is 37.0 Å². The van der Waals surface area contributed by atoms with E-state index in [2.05, 4.69) is 10.6 Å². The number of nitrogens with one attached hydrogen (secondary N) is 2. The number of halogens is 1. The van der Waals surface area contributed by atoms with Crippen LogP contribution < -0.4 is 10.6 Å². The van der Waals surface area contributed by atoms with Crippen LogP contribution >= 0.6 is 11.6 Å². The number of aliphatic hydroxyl groups excluding tert-OH is 1. The average Bonchev–Trinajstić information content (AvgIpc) is 2.42. The van der Waals surface area contributed by atoms with Crippen LogP contribution in [0.1, 0.15) is 10.4 Å². The first-order valence-electron chi connectivity index (χ1n) is 5.61. The molecule has 0 aliphatic carbocycles. The van der Waals surface area contributed by atoms with Crippen LogP contribution in [-0.2, 0) is 9.59 Å². The quantitative estimate of drug-likeness (QED) is 0.572. The number of aliphatic hydroxyl groups is 1. The predicted octanol–water partition coefficient (Wildman–Crippen LogP) is -0.369. The van der Waals surface area contributed by atoms with E-state index in [0.717, 1.165) is 0 Å². The Morgan fingerprint density at radius 2 is 1.80 bits per heavy atom. The Bertz CT molecular complexity index is 503. The lowest BCUT2D eigenvalue weighted by Crippen LogP contribution is -2.47. The minimum atomic E-state index is -1.39. The summed E-state index contributed by atoms with van der Waals surface area (Å²) < 4.78 is 0. The van der Waals surface area contributed by atoms with Gasteiger partial charge in [-0.2, -0.15) is 0 Å². The maximum absolute atomic E-state index is 11.6. The van der Waals surface area contributed by atoms with E-state index in [1.54, 1.807) is 0 Å². The predicted molar refractivity (Wildman–Crippen MR) is 70.4 cm³/mol. The number of aliphatic carboxylic acids is 1. The van der Waals surface area contributed by atoms with Crippen LogP contribution in [0.4, 0.5) is 0 Å². The zero-order valence-corrected chi connectivity index (χ0v) is 11.1. The lowest BCUT2D eigenvalue weighted by molar-refractivity contribution is -0.142. The van der Waals surface area contributed by atoms with E-state index in [-0.39, 0.29) is 0 Å². The maximum Gasteiger partial charge on any atom is 0.328 e. The van der Waals surface area contributed by atoms with Crippen molar-refractivity contribution in [3.05, 3.63) is 34.9 Å². The third kappa shape index (κ3) is 4.87. The summed E-state index contributed by atoms with van der Waals surface area (Å²) in [6, 6.07) is 4.65. The van der Waals surface area contributed by atoms with E-state index >= 15 is 0 Å². The summed E-state index contributed by atoms with van der Waals surface area (Å²) in [5.74, 6) is -2.56. The number of carbonyl (C=O) groups is 3. The molecule has 20 heavy (non-hydrogen) atoms. The molecule has 0 fully saturated rings. The minimum absolute atomic E-state index is 0.319. The van der Waals surface area contributed by atoms with E-state index in [0.29, 0.717) is 10.6 Å². The highest BCUT2D eigenvalue weighted by atomic mass is 35.5. The van der Waals surface area contributed by atoms with Gasteiger partial charge in [0, 0.05) is 10.6 Å². The fourth-order valence-corrected chi connectivity index (χ4v) is 1.42. The third-order valence-corrected chi connectivity index (χ3v) is 2.58. The van der Waals surface area contributed by atoms with Crippen molar-refractivity contribution in [2.45, 2.75) is 6.04 Å². The summed E-state index contributed by atoms with van der Waals surface area (Å²) in [7, 11) is 0. The van der Waals surface area contributed by atoms with Gasteiger partial charge in [-0.3, -0.25) is 9.59 Å². The van der Waals surface area contributed by atoms with Crippen molar-refractivity contribution in [2.24, 2.45) is 0 Å². The van der Waals surface area contributed by atoms with E-state index in [4.69, 9.17) is 21.8 Å². The number of carboxylic acids is 1. The molecule has 0 heterocycles. The summed E-state index contributed by atoms with van der Waals surface area (Å²) in [5.41, 5.74) is 0.319. The Morgan fingerprint density at radius 3 is 2.30 bits per heavy atom. The molecule has 108 valence electrons. The standard InChI is InChI=1S/C12H13ClN2O5/c13-8-3-1-7(2-4-8)11(18)14-5-10(17)15-9(6-16)12(19)20/h1-4,9,16H,5-6H2,(H,14,18)(H,15,17)(H,19,20)/t9-/m1/s1. The molecule has 0 aromatic heterocycles. The molecule has 7 nitrogen and oxygen atoms in total. The molecule has 2 amide bonds. The molecule has 0 aliphatic rings. The van der Waals surface area contributed by atoms with Crippen molar-refractivity contribution in [3.8, 4) is 0 Å². The van der Waals surface area contributed by atoms with Gasteiger partial charge < -0.3 is 20.8 Å². The molecule has 1 aromatic carbocycles. The number of hydrogen-bond donors (Lipinski definition) is 4. The van der Waals surface area contributed by atoms with Gasteiger partial charge in [0.25, 0.3) is 5.91 Å². The van der Waals surface area contributed by atoms with Gasteiger partial charge in [-0.15, -0.1) is 0 Å². The van der Waals surface area contributed by atoms with Crippen LogP contribution in [0.15, 0.2) is 24.3 Å². The lowest BCUT2D eigenvalue weighted by Gasteiger charge is -2.12. The zero-order valence-electron chi connectivity index (χ0n) is 10.3. The summed E-state index contributed by atoms with van der Waals surface area (Å²) in [6.07, 6.45) is 0. The second kappa shape index (κ2) is 7.46. The Hall–Kier alpha value is -2.12. The summed E-state index contributed by atoms with van der Waals surface area (Å²) in [4.78, 5) is 33.6. The molecular weight excluding hydrogens is 288 g/mol. The summed E-state index contributed by atoms with van der Waals surface area (Å²) >= 11 is 5.67. The monoisotopic (exact) mass is 300 g/mol. The smallest absolute Gasteiger partial charge is 0.328 e.